The van der Waals surface area contributed by atoms with E-state index < -0.39 is 0 Å². The molecule has 1 atom stereocenters. The molecule has 6 heteroatoms. The van der Waals surface area contributed by atoms with Gasteiger partial charge in [-0.25, -0.2) is 0 Å². The summed E-state index contributed by atoms with van der Waals surface area (Å²) in [5, 5.41) is 4.62. The summed E-state index contributed by atoms with van der Waals surface area (Å²) in [6, 6.07) is 15.1. The van der Waals surface area contributed by atoms with E-state index in [1.807, 2.05) is 60.3 Å². The van der Waals surface area contributed by atoms with E-state index in [0.717, 1.165) is 31.0 Å². The van der Waals surface area contributed by atoms with E-state index in [2.05, 4.69) is 10.2 Å². The summed E-state index contributed by atoms with van der Waals surface area (Å²) in [6.45, 7) is 3.50. The molecule has 3 nitrogen and oxygen atoms in total. The molecule has 132 valence electrons. The Bertz CT molecular complexity index is 727. The standard InChI is InChI=1S/C19H20Cl2N2OS/c20-17-7-6-14(10-18(17)21)12-23-8-9-25-16(13-23)11-22-19(24)15-4-2-1-3-5-15/h1-7,10,16H,8-9,11-13H2,(H,22,24). The van der Waals surface area contributed by atoms with Gasteiger partial charge in [0.25, 0.3) is 5.91 Å². The van der Waals surface area contributed by atoms with Crippen molar-refractivity contribution < 1.29 is 4.79 Å². The third kappa shape index (κ3) is 5.38. The molecule has 2 aromatic carbocycles. The summed E-state index contributed by atoms with van der Waals surface area (Å²) in [5.41, 5.74) is 1.87. The lowest BCUT2D eigenvalue weighted by molar-refractivity contribution is 0.0952. The van der Waals surface area contributed by atoms with Crippen LogP contribution in [0.4, 0.5) is 0 Å². The second-order valence-corrected chi connectivity index (χ2v) is 8.28. The number of carbonyl (C=O) groups excluding carboxylic acids is 1. The van der Waals surface area contributed by atoms with Crippen LogP contribution >= 0.6 is 35.0 Å². The zero-order valence-corrected chi connectivity index (χ0v) is 16.1. The number of hydrogen-bond acceptors (Lipinski definition) is 3. The normalized spacial score (nSPS) is 18.1. The van der Waals surface area contributed by atoms with E-state index >= 15 is 0 Å². The quantitative estimate of drug-likeness (QED) is 0.818. The molecule has 1 saturated heterocycles. The monoisotopic (exact) mass is 394 g/mol. The van der Waals surface area contributed by atoms with Crippen LogP contribution in [0, 0.1) is 0 Å². The van der Waals surface area contributed by atoms with Crippen molar-refractivity contribution in [1.82, 2.24) is 10.2 Å². The SMILES string of the molecule is O=C(NCC1CN(Cc2ccc(Cl)c(Cl)c2)CCS1)c1ccccc1. The van der Waals surface area contributed by atoms with Gasteiger partial charge in [-0.1, -0.05) is 47.5 Å². The van der Waals surface area contributed by atoms with E-state index in [-0.39, 0.29) is 5.91 Å². The van der Waals surface area contributed by atoms with Crippen LogP contribution in [0.15, 0.2) is 48.5 Å². The van der Waals surface area contributed by atoms with Crippen LogP contribution < -0.4 is 5.32 Å². The van der Waals surface area contributed by atoms with Gasteiger partial charge in [0.15, 0.2) is 0 Å². The minimum Gasteiger partial charge on any atom is -0.351 e. The highest BCUT2D eigenvalue weighted by molar-refractivity contribution is 8.00. The Morgan fingerprint density at radius 2 is 1.96 bits per heavy atom. The minimum atomic E-state index is -0.0113. The molecule has 0 aliphatic carbocycles. The molecule has 1 unspecified atom stereocenters. The van der Waals surface area contributed by atoms with E-state index in [9.17, 15) is 4.79 Å². The smallest absolute Gasteiger partial charge is 0.251 e. The van der Waals surface area contributed by atoms with Crippen LogP contribution in [0.1, 0.15) is 15.9 Å². The lowest BCUT2D eigenvalue weighted by Gasteiger charge is -2.32. The molecular formula is C19H20Cl2N2OS. The van der Waals surface area contributed by atoms with Gasteiger partial charge in [-0.15, -0.1) is 0 Å². The van der Waals surface area contributed by atoms with Crippen molar-refractivity contribution in [1.29, 1.82) is 0 Å². The van der Waals surface area contributed by atoms with Crippen molar-refractivity contribution in [2.75, 3.05) is 25.4 Å². The maximum absolute atomic E-state index is 12.2. The van der Waals surface area contributed by atoms with Gasteiger partial charge >= 0.3 is 0 Å². The van der Waals surface area contributed by atoms with Gasteiger partial charge in [0.2, 0.25) is 0 Å². The van der Waals surface area contributed by atoms with Crippen LogP contribution in [0.2, 0.25) is 10.0 Å². The highest BCUT2D eigenvalue weighted by atomic mass is 35.5. The molecule has 0 aromatic heterocycles. The summed E-state index contributed by atoms with van der Waals surface area (Å²) < 4.78 is 0. The summed E-state index contributed by atoms with van der Waals surface area (Å²) >= 11 is 14.0. The van der Waals surface area contributed by atoms with Gasteiger partial charge in [0.1, 0.15) is 0 Å². The number of carbonyl (C=O) groups is 1. The molecule has 25 heavy (non-hydrogen) atoms. The average Bonchev–Trinajstić information content (AvgIpc) is 2.64. The molecule has 0 saturated carbocycles. The van der Waals surface area contributed by atoms with E-state index in [1.165, 1.54) is 0 Å². The Balaban J connectivity index is 1.51. The zero-order valence-electron chi connectivity index (χ0n) is 13.8. The summed E-state index contributed by atoms with van der Waals surface area (Å²) in [7, 11) is 0. The Kier molecular flexibility index (Phi) is 6.65. The molecular weight excluding hydrogens is 375 g/mol. The minimum absolute atomic E-state index is 0.0113. The van der Waals surface area contributed by atoms with Crippen molar-refractivity contribution in [3.63, 3.8) is 0 Å². The fraction of sp³-hybridized carbons (Fsp3) is 0.316. The van der Waals surface area contributed by atoms with E-state index in [4.69, 9.17) is 23.2 Å². The number of nitrogens with one attached hydrogen (secondary N) is 1. The summed E-state index contributed by atoms with van der Waals surface area (Å²) in [5.74, 6) is 1.05. The molecule has 3 rings (SSSR count). The topological polar surface area (TPSA) is 32.3 Å². The fourth-order valence-corrected chi connectivity index (χ4v) is 4.38. The van der Waals surface area contributed by atoms with Crippen molar-refractivity contribution in [3.8, 4) is 0 Å². The molecule has 1 aliphatic rings. The molecule has 1 aliphatic heterocycles. The lowest BCUT2D eigenvalue weighted by atomic mass is 10.2. The van der Waals surface area contributed by atoms with Gasteiger partial charge < -0.3 is 5.32 Å². The highest BCUT2D eigenvalue weighted by Gasteiger charge is 2.21. The average molecular weight is 395 g/mol. The molecule has 1 heterocycles. The molecule has 0 radical (unpaired) electrons. The number of rotatable bonds is 5. The predicted octanol–water partition coefficient (Wildman–Crippen LogP) is 4.34. The third-order valence-electron chi connectivity index (χ3n) is 4.14. The molecule has 1 fully saturated rings. The summed E-state index contributed by atoms with van der Waals surface area (Å²) in [4.78, 5) is 14.6. The number of halogens is 2. The second-order valence-electron chi connectivity index (χ2n) is 6.05. The van der Waals surface area contributed by atoms with Gasteiger partial charge in [0, 0.05) is 42.7 Å². The number of thioether (sulfide) groups is 1. The van der Waals surface area contributed by atoms with E-state index in [0.29, 0.717) is 27.4 Å². The van der Waals surface area contributed by atoms with Crippen molar-refractivity contribution in [3.05, 3.63) is 69.7 Å². The number of nitrogens with zero attached hydrogens (tertiary/aromatic N) is 1. The van der Waals surface area contributed by atoms with Gasteiger partial charge in [-0.3, -0.25) is 9.69 Å². The van der Waals surface area contributed by atoms with Gasteiger partial charge in [0.05, 0.1) is 10.0 Å². The zero-order chi connectivity index (χ0) is 17.6. The van der Waals surface area contributed by atoms with Gasteiger partial charge in [-0.05, 0) is 29.8 Å². The molecule has 1 N–H and O–H groups in total. The first-order valence-corrected chi connectivity index (χ1v) is 10.0. The van der Waals surface area contributed by atoms with Crippen molar-refractivity contribution >= 4 is 40.9 Å². The van der Waals surface area contributed by atoms with Crippen molar-refractivity contribution in [2.45, 2.75) is 11.8 Å². The van der Waals surface area contributed by atoms with Crippen LogP contribution in [0.5, 0.6) is 0 Å². The van der Waals surface area contributed by atoms with Gasteiger partial charge in [-0.2, -0.15) is 11.8 Å². The summed E-state index contributed by atoms with van der Waals surface area (Å²) in [6.07, 6.45) is 0. The molecule has 1 amide bonds. The first-order chi connectivity index (χ1) is 12.1. The fourth-order valence-electron chi connectivity index (χ4n) is 2.84. The van der Waals surface area contributed by atoms with Crippen LogP contribution in [0.25, 0.3) is 0 Å². The molecule has 0 bridgehead atoms. The Hall–Kier alpha value is -1.20. The van der Waals surface area contributed by atoms with E-state index in [1.54, 1.807) is 0 Å². The highest BCUT2D eigenvalue weighted by Crippen LogP contribution is 2.25. The number of benzene rings is 2. The number of amides is 1. The lowest BCUT2D eigenvalue weighted by Crippen LogP contribution is -2.43. The maximum Gasteiger partial charge on any atom is 0.251 e. The van der Waals surface area contributed by atoms with Crippen molar-refractivity contribution in [2.24, 2.45) is 0 Å². The second kappa shape index (κ2) is 8.95. The van der Waals surface area contributed by atoms with Crippen LogP contribution in [0.3, 0.4) is 0 Å². The third-order valence-corrected chi connectivity index (χ3v) is 6.08. The largest absolute Gasteiger partial charge is 0.351 e. The Labute approximate surface area is 162 Å². The Morgan fingerprint density at radius 3 is 2.72 bits per heavy atom. The first kappa shape index (κ1) is 18.6. The van der Waals surface area contributed by atoms with Crippen LogP contribution in [-0.4, -0.2) is 41.4 Å². The first-order valence-electron chi connectivity index (χ1n) is 8.23. The predicted molar refractivity (Wildman–Crippen MR) is 107 cm³/mol. The maximum atomic E-state index is 12.2. The Morgan fingerprint density at radius 1 is 1.16 bits per heavy atom. The number of hydrogen-bond donors (Lipinski definition) is 1. The molecule has 0 spiro atoms. The molecule has 2 aromatic rings. The van der Waals surface area contributed by atoms with Crippen LogP contribution in [-0.2, 0) is 6.54 Å².